The minimum absolute atomic E-state index is 0.513. The highest BCUT2D eigenvalue weighted by molar-refractivity contribution is 9.10. The van der Waals surface area contributed by atoms with Gasteiger partial charge in [0.1, 0.15) is 6.33 Å². The highest BCUT2D eigenvalue weighted by Crippen LogP contribution is 2.36. The van der Waals surface area contributed by atoms with Crippen LogP contribution < -0.4 is 14.9 Å². The fourth-order valence-corrected chi connectivity index (χ4v) is 2.43. The Kier molecular flexibility index (Phi) is 4.43. The topological polar surface area (TPSA) is 64.1 Å². The van der Waals surface area contributed by atoms with Crippen LogP contribution in [0, 0.1) is 4.77 Å². The molecule has 6 nitrogen and oxygen atoms in total. The van der Waals surface area contributed by atoms with E-state index in [2.05, 4.69) is 31.6 Å². The van der Waals surface area contributed by atoms with E-state index < -0.39 is 0 Å². The lowest BCUT2D eigenvalue weighted by Gasteiger charge is -2.13. The Labute approximate surface area is 123 Å². The molecule has 0 aliphatic heterocycles. The van der Waals surface area contributed by atoms with Crippen molar-refractivity contribution in [3.8, 4) is 11.5 Å². The van der Waals surface area contributed by atoms with Gasteiger partial charge < -0.3 is 14.9 Å². The van der Waals surface area contributed by atoms with Crippen molar-refractivity contribution in [3.05, 3.63) is 33.3 Å². The van der Waals surface area contributed by atoms with E-state index in [0.29, 0.717) is 22.8 Å². The lowest BCUT2D eigenvalue weighted by atomic mass is 10.2. The van der Waals surface area contributed by atoms with Crippen molar-refractivity contribution < 1.29 is 9.47 Å². The highest BCUT2D eigenvalue weighted by Gasteiger charge is 2.10. The van der Waals surface area contributed by atoms with Crippen LogP contribution in [-0.4, -0.2) is 29.1 Å². The molecule has 102 valence electrons. The average Bonchev–Trinajstić information content (AvgIpc) is 2.81. The second-order valence-electron chi connectivity index (χ2n) is 3.68. The first-order valence-electron chi connectivity index (χ1n) is 5.42. The standard InChI is InChI=1S/C11H13BrN4O2S/c1-17-9-4-7(3-8(12)10(9)18-2)5-14-16-6-13-15-11(16)19/h3-4,6,14H,5H2,1-2H3,(H,15,19). The van der Waals surface area contributed by atoms with E-state index in [1.165, 1.54) is 0 Å². The Morgan fingerprint density at radius 1 is 1.42 bits per heavy atom. The Bertz CT molecular complexity index is 625. The minimum Gasteiger partial charge on any atom is -0.493 e. The maximum Gasteiger partial charge on any atom is 0.214 e. The van der Waals surface area contributed by atoms with Crippen LogP contribution in [0.4, 0.5) is 0 Å². The number of methoxy groups -OCH3 is 2. The smallest absolute Gasteiger partial charge is 0.214 e. The summed E-state index contributed by atoms with van der Waals surface area (Å²) in [5.41, 5.74) is 4.15. The summed E-state index contributed by atoms with van der Waals surface area (Å²) < 4.78 is 13.5. The van der Waals surface area contributed by atoms with Gasteiger partial charge in [0.15, 0.2) is 11.5 Å². The average molecular weight is 345 g/mol. The maximum absolute atomic E-state index is 5.29. The quantitative estimate of drug-likeness (QED) is 0.815. The first-order valence-corrected chi connectivity index (χ1v) is 6.62. The molecule has 0 amide bonds. The lowest BCUT2D eigenvalue weighted by molar-refractivity contribution is 0.352. The Morgan fingerprint density at radius 2 is 2.21 bits per heavy atom. The number of aromatic amines is 1. The Morgan fingerprint density at radius 3 is 2.79 bits per heavy atom. The molecule has 2 aromatic rings. The number of hydrogen-bond donors (Lipinski definition) is 2. The normalized spacial score (nSPS) is 10.3. The van der Waals surface area contributed by atoms with Gasteiger partial charge in [0.25, 0.3) is 0 Å². The van der Waals surface area contributed by atoms with Crippen molar-refractivity contribution in [2.45, 2.75) is 6.54 Å². The summed E-state index contributed by atoms with van der Waals surface area (Å²) in [6.45, 7) is 0.576. The summed E-state index contributed by atoms with van der Waals surface area (Å²) in [7, 11) is 3.21. The van der Waals surface area contributed by atoms with Gasteiger partial charge in [-0.1, -0.05) is 0 Å². The van der Waals surface area contributed by atoms with Crippen molar-refractivity contribution in [3.63, 3.8) is 0 Å². The number of hydrogen-bond acceptors (Lipinski definition) is 5. The predicted molar refractivity (Wildman–Crippen MR) is 77.7 cm³/mol. The van der Waals surface area contributed by atoms with E-state index in [1.54, 1.807) is 25.2 Å². The molecule has 2 N–H and O–H groups in total. The Balaban J connectivity index is 2.19. The minimum atomic E-state index is 0.513. The Hall–Kier alpha value is -1.54. The summed E-state index contributed by atoms with van der Waals surface area (Å²) in [5.74, 6) is 1.34. The van der Waals surface area contributed by atoms with Gasteiger partial charge in [0, 0.05) is 0 Å². The van der Waals surface area contributed by atoms with Gasteiger partial charge in [0.2, 0.25) is 4.77 Å². The molecule has 0 aliphatic carbocycles. The van der Waals surface area contributed by atoms with Crippen molar-refractivity contribution in [2.75, 3.05) is 19.6 Å². The number of aromatic nitrogens is 3. The zero-order chi connectivity index (χ0) is 13.8. The molecule has 0 spiro atoms. The van der Waals surface area contributed by atoms with Gasteiger partial charge in [-0.05, 0) is 45.8 Å². The molecular weight excluding hydrogens is 332 g/mol. The number of rotatable bonds is 5. The van der Waals surface area contributed by atoms with Crippen molar-refractivity contribution >= 4 is 28.1 Å². The van der Waals surface area contributed by atoms with Crippen LogP contribution in [0.25, 0.3) is 0 Å². The van der Waals surface area contributed by atoms with Gasteiger partial charge in [-0.2, -0.15) is 5.10 Å². The second kappa shape index (κ2) is 6.07. The van der Waals surface area contributed by atoms with E-state index in [0.717, 1.165) is 10.0 Å². The molecule has 0 unspecified atom stereocenters. The summed E-state index contributed by atoms with van der Waals surface area (Å²) in [4.78, 5) is 0. The van der Waals surface area contributed by atoms with Crippen molar-refractivity contribution in [1.29, 1.82) is 0 Å². The van der Waals surface area contributed by atoms with E-state index in [4.69, 9.17) is 21.7 Å². The number of benzene rings is 1. The van der Waals surface area contributed by atoms with Gasteiger partial charge in [-0.15, -0.1) is 0 Å². The van der Waals surface area contributed by atoms with Crippen molar-refractivity contribution in [2.24, 2.45) is 0 Å². The van der Waals surface area contributed by atoms with Gasteiger partial charge in [-0.3, -0.25) is 5.10 Å². The molecule has 0 fully saturated rings. The zero-order valence-electron chi connectivity index (χ0n) is 10.4. The van der Waals surface area contributed by atoms with Crippen LogP contribution in [0.1, 0.15) is 5.56 Å². The van der Waals surface area contributed by atoms with Gasteiger partial charge in [-0.25, -0.2) is 4.68 Å². The summed E-state index contributed by atoms with van der Waals surface area (Å²) in [6.07, 6.45) is 1.58. The third kappa shape index (κ3) is 3.07. The molecule has 0 bridgehead atoms. The van der Waals surface area contributed by atoms with Crippen LogP contribution in [0.3, 0.4) is 0 Å². The molecular formula is C11H13BrN4O2S. The molecule has 1 aromatic carbocycles. The molecule has 1 heterocycles. The number of ether oxygens (including phenoxy) is 2. The molecule has 0 radical (unpaired) electrons. The first-order chi connectivity index (χ1) is 9.15. The third-order valence-corrected chi connectivity index (χ3v) is 3.38. The predicted octanol–water partition coefficient (Wildman–Crippen LogP) is 2.46. The summed E-state index contributed by atoms with van der Waals surface area (Å²) in [5, 5.41) is 6.50. The van der Waals surface area contributed by atoms with Crippen LogP contribution in [-0.2, 0) is 6.54 Å². The molecule has 2 rings (SSSR count). The molecule has 0 aliphatic rings. The van der Waals surface area contributed by atoms with Crippen LogP contribution >= 0.6 is 28.1 Å². The number of nitrogens with zero attached hydrogens (tertiary/aromatic N) is 2. The summed E-state index contributed by atoms with van der Waals surface area (Å²) >= 11 is 8.50. The summed E-state index contributed by atoms with van der Waals surface area (Å²) in [6, 6.07) is 3.86. The van der Waals surface area contributed by atoms with Crippen LogP contribution in [0.2, 0.25) is 0 Å². The maximum atomic E-state index is 5.29. The SMILES string of the molecule is COc1cc(CNn2cn[nH]c2=S)cc(Br)c1OC. The molecule has 8 heteroatoms. The molecule has 0 saturated carbocycles. The number of halogens is 1. The highest BCUT2D eigenvalue weighted by atomic mass is 79.9. The van der Waals surface area contributed by atoms with E-state index in [-0.39, 0.29) is 0 Å². The first kappa shape index (κ1) is 13.9. The largest absolute Gasteiger partial charge is 0.493 e. The van der Waals surface area contributed by atoms with Crippen LogP contribution in [0.5, 0.6) is 11.5 Å². The van der Waals surface area contributed by atoms with Crippen molar-refractivity contribution in [1.82, 2.24) is 14.9 Å². The second-order valence-corrected chi connectivity index (χ2v) is 4.92. The third-order valence-electron chi connectivity index (χ3n) is 2.50. The fourth-order valence-electron chi connectivity index (χ4n) is 1.61. The van der Waals surface area contributed by atoms with Crippen LogP contribution in [0.15, 0.2) is 22.9 Å². The van der Waals surface area contributed by atoms with E-state index in [1.807, 2.05) is 12.1 Å². The zero-order valence-corrected chi connectivity index (χ0v) is 12.8. The molecule has 1 aromatic heterocycles. The molecule has 0 atom stereocenters. The van der Waals surface area contributed by atoms with E-state index in [9.17, 15) is 0 Å². The number of H-pyrrole nitrogens is 1. The van der Waals surface area contributed by atoms with Gasteiger partial charge >= 0.3 is 0 Å². The molecule has 0 saturated heterocycles. The molecule has 19 heavy (non-hydrogen) atoms. The number of nitrogens with one attached hydrogen (secondary N) is 2. The van der Waals surface area contributed by atoms with E-state index >= 15 is 0 Å². The lowest BCUT2D eigenvalue weighted by Crippen LogP contribution is -2.13. The monoisotopic (exact) mass is 344 g/mol. The van der Waals surface area contributed by atoms with Gasteiger partial charge in [0.05, 0.1) is 25.2 Å². The fraction of sp³-hybridized carbons (Fsp3) is 0.273.